The first-order chi connectivity index (χ1) is 9.18. The van der Waals surface area contributed by atoms with Crippen LogP contribution < -0.4 is 0 Å². The van der Waals surface area contributed by atoms with Gasteiger partial charge in [0.05, 0.1) is 13.2 Å². The van der Waals surface area contributed by atoms with Crippen molar-refractivity contribution in [3.63, 3.8) is 0 Å². The Hall–Kier alpha value is -1.71. The predicted octanol–water partition coefficient (Wildman–Crippen LogP) is 3.38. The van der Waals surface area contributed by atoms with Crippen LogP contribution in [-0.2, 0) is 11.3 Å². The molecule has 1 N–H and O–H groups in total. The fourth-order valence-corrected chi connectivity index (χ4v) is 1.95. The maximum Gasteiger partial charge on any atom is 0.128 e. The Labute approximate surface area is 112 Å². The van der Waals surface area contributed by atoms with Crippen molar-refractivity contribution in [2.45, 2.75) is 19.6 Å². The lowest BCUT2D eigenvalue weighted by Crippen LogP contribution is -2.09. The van der Waals surface area contributed by atoms with Crippen molar-refractivity contribution >= 4 is 0 Å². The van der Waals surface area contributed by atoms with Gasteiger partial charge in [0.2, 0.25) is 0 Å². The van der Waals surface area contributed by atoms with Gasteiger partial charge in [0.15, 0.2) is 0 Å². The molecular formula is C16H17FO2. The maximum absolute atomic E-state index is 13.4. The van der Waals surface area contributed by atoms with Gasteiger partial charge in [-0.1, -0.05) is 42.5 Å². The average molecular weight is 260 g/mol. The van der Waals surface area contributed by atoms with Crippen molar-refractivity contribution < 1.29 is 14.2 Å². The second-order valence-electron chi connectivity index (χ2n) is 4.48. The molecule has 0 saturated carbocycles. The van der Waals surface area contributed by atoms with Crippen molar-refractivity contribution in [1.29, 1.82) is 0 Å². The number of aliphatic hydroxyl groups is 1. The SMILES string of the molecule is Cc1ccccc1C(O)COCc1ccccc1F. The fourth-order valence-electron chi connectivity index (χ4n) is 1.95. The van der Waals surface area contributed by atoms with Crippen LogP contribution >= 0.6 is 0 Å². The minimum Gasteiger partial charge on any atom is -0.386 e. The summed E-state index contributed by atoms with van der Waals surface area (Å²) in [5, 5.41) is 10.0. The zero-order valence-electron chi connectivity index (χ0n) is 10.8. The topological polar surface area (TPSA) is 29.5 Å². The molecule has 1 unspecified atom stereocenters. The standard InChI is InChI=1S/C16H17FO2/c1-12-6-2-4-8-14(12)16(18)11-19-10-13-7-3-5-9-15(13)17/h2-9,16,18H,10-11H2,1H3. The summed E-state index contributed by atoms with van der Waals surface area (Å²) < 4.78 is 18.7. The predicted molar refractivity (Wildman–Crippen MR) is 72.2 cm³/mol. The highest BCUT2D eigenvalue weighted by Crippen LogP contribution is 2.18. The van der Waals surface area contributed by atoms with E-state index in [2.05, 4.69) is 0 Å². The van der Waals surface area contributed by atoms with Crippen LogP contribution in [0.1, 0.15) is 22.8 Å². The highest BCUT2D eigenvalue weighted by atomic mass is 19.1. The number of benzene rings is 2. The molecule has 0 amide bonds. The Morgan fingerprint density at radius 1 is 1.11 bits per heavy atom. The smallest absolute Gasteiger partial charge is 0.128 e. The van der Waals surface area contributed by atoms with Gasteiger partial charge in [0.25, 0.3) is 0 Å². The van der Waals surface area contributed by atoms with E-state index in [1.54, 1.807) is 18.2 Å². The van der Waals surface area contributed by atoms with Gasteiger partial charge in [0.1, 0.15) is 11.9 Å². The Morgan fingerprint density at radius 3 is 2.53 bits per heavy atom. The summed E-state index contributed by atoms with van der Waals surface area (Å²) in [7, 11) is 0. The lowest BCUT2D eigenvalue weighted by molar-refractivity contribution is 0.0264. The molecule has 0 saturated heterocycles. The first-order valence-corrected chi connectivity index (χ1v) is 6.23. The number of aliphatic hydroxyl groups excluding tert-OH is 1. The molecule has 0 fully saturated rings. The molecule has 2 nitrogen and oxygen atoms in total. The van der Waals surface area contributed by atoms with Gasteiger partial charge in [-0.25, -0.2) is 4.39 Å². The van der Waals surface area contributed by atoms with Crippen LogP contribution in [0, 0.1) is 12.7 Å². The Kier molecular flexibility index (Phi) is 4.66. The van der Waals surface area contributed by atoms with Crippen molar-refractivity contribution in [2.75, 3.05) is 6.61 Å². The molecule has 2 aromatic rings. The molecule has 1 atom stereocenters. The van der Waals surface area contributed by atoms with Crippen molar-refractivity contribution in [1.82, 2.24) is 0 Å². The molecule has 3 heteroatoms. The molecule has 2 rings (SSSR count). The monoisotopic (exact) mass is 260 g/mol. The third-order valence-corrected chi connectivity index (χ3v) is 3.04. The quantitative estimate of drug-likeness (QED) is 0.893. The molecule has 0 aromatic heterocycles. The number of ether oxygens (including phenoxy) is 1. The molecule has 0 spiro atoms. The lowest BCUT2D eigenvalue weighted by Gasteiger charge is -2.14. The largest absolute Gasteiger partial charge is 0.386 e. The molecule has 0 radical (unpaired) electrons. The van der Waals surface area contributed by atoms with Gasteiger partial charge in [-0.2, -0.15) is 0 Å². The summed E-state index contributed by atoms with van der Waals surface area (Å²) in [6, 6.07) is 14.1. The Bertz CT molecular complexity index is 540. The zero-order valence-corrected chi connectivity index (χ0v) is 10.8. The number of halogens is 1. The van der Waals surface area contributed by atoms with Crippen LogP contribution in [-0.4, -0.2) is 11.7 Å². The van der Waals surface area contributed by atoms with E-state index in [1.807, 2.05) is 31.2 Å². The van der Waals surface area contributed by atoms with Crippen LogP contribution in [0.3, 0.4) is 0 Å². The van der Waals surface area contributed by atoms with Gasteiger partial charge in [0, 0.05) is 5.56 Å². The molecule has 2 aromatic carbocycles. The first-order valence-electron chi connectivity index (χ1n) is 6.23. The number of hydrogen-bond acceptors (Lipinski definition) is 2. The van der Waals surface area contributed by atoms with E-state index in [1.165, 1.54) is 6.07 Å². The van der Waals surface area contributed by atoms with Crippen molar-refractivity contribution in [3.05, 3.63) is 71.0 Å². The highest BCUT2D eigenvalue weighted by Gasteiger charge is 2.10. The number of aryl methyl sites for hydroxylation is 1. The van der Waals surface area contributed by atoms with E-state index < -0.39 is 6.10 Å². The van der Waals surface area contributed by atoms with Crippen LogP contribution in [0.5, 0.6) is 0 Å². The zero-order chi connectivity index (χ0) is 13.7. The van der Waals surface area contributed by atoms with Gasteiger partial charge < -0.3 is 9.84 Å². The molecule has 0 heterocycles. The second-order valence-corrected chi connectivity index (χ2v) is 4.48. The van der Waals surface area contributed by atoms with Crippen molar-refractivity contribution in [2.24, 2.45) is 0 Å². The molecule has 100 valence electrons. The van der Waals surface area contributed by atoms with Gasteiger partial charge in [-0.3, -0.25) is 0 Å². The normalized spacial score (nSPS) is 12.4. The van der Waals surface area contributed by atoms with Crippen molar-refractivity contribution in [3.8, 4) is 0 Å². The molecule has 0 aliphatic carbocycles. The molecule has 0 bridgehead atoms. The molecule has 19 heavy (non-hydrogen) atoms. The van der Waals surface area contributed by atoms with Crippen LogP contribution in [0.15, 0.2) is 48.5 Å². The molecule has 0 aliphatic rings. The summed E-state index contributed by atoms with van der Waals surface area (Å²) in [6.45, 7) is 2.25. The summed E-state index contributed by atoms with van der Waals surface area (Å²) >= 11 is 0. The number of rotatable bonds is 5. The van der Waals surface area contributed by atoms with Gasteiger partial charge in [-0.05, 0) is 24.1 Å². The van der Waals surface area contributed by atoms with Gasteiger partial charge in [-0.15, -0.1) is 0 Å². The first kappa shape index (κ1) is 13.7. The third-order valence-electron chi connectivity index (χ3n) is 3.04. The van der Waals surface area contributed by atoms with Crippen LogP contribution in [0.4, 0.5) is 4.39 Å². The molecular weight excluding hydrogens is 243 g/mol. The Morgan fingerprint density at radius 2 is 1.79 bits per heavy atom. The minimum absolute atomic E-state index is 0.152. The summed E-state index contributed by atoms with van der Waals surface area (Å²) in [4.78, 5) is 0. The second kappa shape index (κ2) is 6.45. The minimum atomic E-state index is -0.687. The van der Waals surface area contributed by atoms with E-state index in [9.17, 15) is 9.50 Å². The Balaban J connectivity index is 1.90. The third kappa shape index (κ3) is 3.63. The maximum atomic E-state index is 13.4. The summed E-state index contributed by atoms with van der Waals surface area (Å²) in [5.74, 6) is -0.284. The summed E-state index contributed by atoms with van der Waals surface area (Å²) in [5.41, 5.74) is 2.36. The average Bonchev–Trinajstić information content (AvgIpc) is 2.41. The highest BCUT2D eigenvalue weighted by molar-refractivity contribution is 5.27. The lowest BCUT2D eigenvalue weighted by atomic mass is 10.0. The van der Waals surface area contributed by atoms with E-state index in [4.69, 9.17) is 4.74 Å². The van der Waals surface area contributed by atoms with Crippen LogP contribution in [0.25, 0.3) is 0 Å². The number of hydrogen-bond donors (Lipinski definition) is 1. The van der Waals surface area contributed by atoms with E-state index in [0.29, 0.717) is 5.56 Å². The van der Waals surface area contributed by atoms with Gasteiger partial charge >= 0.3 is 0 Å². The molecule has 0 aliphatic heterocycles. The summed E-state index contributed by atoms with van der Waals surface area (Å²) in [6.07, 6.45) is -0.687. The van der Waals surface area contributed by atoms with Crippen LogP contribution in [0.2, 0.25) is 0 Å². The van der Waals surface area contributed by atoms with E-state index in [0.717, 1.165) is 11.1 Å². The fraction of sp³-hybridized carbons (Fsp3) is 0.250. The van der Waals surface area contributed by atoms with E-state index >= 15 is 0 Å². The van der Waals surface area contributed by atoms with E-state index in [-0.39, 0.29) is 19.0 Å².